The summed E-state index contributed by atoms with van der Waals surface area (Å²) in [7, 11) is 3.30. The molecule has 4 N–H and O–H groups in total. The summed E-state index contributed by atoms with van der Waals surface area (Å²) < 4.78 is 10.2. The number of amides is 1. The highest BCUT2D eigenvalue weighted by Gasteiger charge is 2.26. The second-order valence-corrected chi connectivity index (χ2v) is 8.48. The van der Waals surface area contributed by atoms with Crippen molar-refractivity contribution >= 4 is 28.5 Å². The predicted molar refractivity (Wildman–Crippen MR) is 131 cm³/mol. The van der Waals surface area contributed by atoms with E-state index in [-0.39, 0.29) is 23.8 Å². The zero-order chi connectivity index (χ0) is 23.6. The van der Waals surface area contributed by atoms with E-state index in [9.17, 15) is 4.79 Å². The number of hydrogen-bond donors (Lipinski definition) is 3. The van der Waals surface area contributed by atoms with Crippen LogP contribution in [0.3, 0.4) is 0 Å². The molecule has 0 saturated heterocycles. The van der Waals surface area contributed by atoms with Crippen LogP contribution in [-0.2, 0) is 9.47 Å². The van der Waals surface area contributed by atoms with Gasteiger partial charge in [0.1, 0.15) is 5.82 Å². The van der Waals surface area contributed by atoms with Crippen LogP contribution in [0.5, 0.6) is 0 Å². The van der Waals surface area contributed by atoms with E-state index in [0.717, 1.165) is 48.6 Å². The second kappa shape index (κ2) is 12.5. The van der Waals surface area contributed by atoms with Gasteiger partial charge >= 0.3 is 0 Å². The van der Waals surface area contributed by atoms with E-state index in [1.807, 2.05) is 25.1 Å². The molecule has 3 rings (SSSR count). The van der Waals surface area contributed by atoms with Crippen molar-refractivity contribution in [3.8, 4) is 0 Å². The van der Waals surface area contributed by atoms with Gasteiger partial charge in [-0.15, -0.1) is 0 Å². The van der Waals surface area contributed by atoms with Crippen molar-refractivity contribution in [2.75, 3.05) is 39.3 Å². The van der Waals surface area contributed by atoms with Gasteiger partial charge in [-0.25, -0.2) is 9.97 Å². The van der Waals surface area contributed by atoms with Crippen molar-refractivity contribution in [1.82, 2.24) is 15.3 Å². The molecule has 2 aromatic rings. The standard InChI is InChI=1S/C24H36N6O3/c1-16-9-10-18-17(15-16)22(30-23(28-18)24(31)26-12-6-13-32-2)29-20-8-5-4-7-19(20)27-21(25)11-14-33-3/h9-10,15,19-20H,4-8,11-14H2,1-3H3,(H2,25,27)(H,26,31)(H,28,29,30)/t19-,20+/m1/s1. The fraction of sp³-hybridized carbons (Fsp3) is 0.583. The highest BCUT2D eigenvalue weighted by Crippen LogP contribution is 2.28. The first-order valence-electron chi connectivity index (χ1n) is 11.6. The number of benzene rings is 1. The van der Waals surface area contributed by atoms with Crippen LogP contribution in [0.15, 0.2) is 23.2 Å². The van der Waals surface area contributed by atoms with Crippen LogP contribution in [0, 0.1) is 6.92 Å². The fourth-order valence-electron chi connectivity index (χ4n) is 4.05. The van der Waals surface area contributed by atoms with Gasteiger partial charge in [0, 0.05) is 45.2 Å². The van der Waals surface area contributed by atoms with E-state index >= 15 is 0 Å². The number of aliphatic imine (C=N–C) groups is 1. The zero-order valence-electron chi connectivity index (χ0n) is 19.9. The minimum Gasteiger partial charge on any atom is -0.387 e. The number of rotatable bonds is 11. The highest BCUT2D eigenvalue weighted by molar-refractivity contribution is 5.96. The van der Waals surface area contributed by atoms with Gasteiger partial charge in [0.05, 0.1) is 24.0 Å². The van der Waals surface area contributed by atoms with Crippen LogP contribution in [0.25, 0.3) is 10.9 Å². The smallest absolute Gasteiger partial charge is 0.289 e. The summed E-state index contributed by atoms with van der Waals surface area (Å²) in [6.07, 6.45) is 5.48. The number of methoxy groups -OCH3 is 2. The third-order valence-corrected chi connectivity index (χ3v) is 5.81. The molecule has 33 heavy (non-hydrogen) atoms. The molecule has 0 bridgehead atoms. The molecule has 1 aliphatic carbocycles. The number of nitrogens with one attached hydrogen (secondary N) is 2. The average molecular weight is 457 g/mol. The van der Waals surface area contributed by atoms with E-state index in [4.69, 9.17) is 20.2 Å². The van der Waals surface area contributed by atoms with Gasteiger partial charge in [0.25, 0.3) is 5.91 Å². The lowest BCUT2D eigenvalue weighted by Gasteiger charge is -2.30. The maximum Gasteiger partial charge on any atom is 0.289 e. The Balaban J connectivity index is 1.86. The van der Waals surface area contributed by atoms with Crippen molar-refractivity contribution in [3.05, 3.63) is 29.6 Å². The summed E-state index contributed by atoms with van der Waals surface area (Å²) in [6, 6.07) is 6.10. The number of nitrogens with zero attached hydrogens (tertiary/aromatic N) is 3. The molecule has 1 amide bonds. The third kappa shape index (κ3) is 7.10. The molecule has 9 heteroatoms. The molecule has 180 valence electrons. The molecule has 0 aliphatic heterocycles. The monoisotopic (exact) mass is 456 g/mol. The number of carbonyl (C=O) groups is 1. The van der Waals surface area contributed by atoms with E-state index in [1.54, 1.807) is 14.2 Å². The summed E-state index contributed by atoms with van der Waals surface area (Å²) >= 11 is 0. The zero-order valence-corrected chi connectivity index (χ0v) is 19.9. The molecule has 1 saturated carbocycles. The number of fused-ring (bicyclic) bond motifs is 1. The summed E-state index contributed by atoms with van der Waals surface area (Å²) in [5.41, 5.74) is 7.98. The molecule has 1 fully saturated rings. The molecule has 1 heterocycles. The lowest BCUT2D eigenvalue weighted by molar-refractivity contribution is 0.0938. The first kappa shape index (κ1) is 24.9. The van der Waals surface area contributed by atoms with Crippen LogP contribution in [-0.4, -0.2) is 67.8 Å². The minimum atomic E-state index is -0.293. The van der Waals surface area contributed by atoms with Crippen molar-refractivity contribution in [2.45, 2.75) is 57.5 Å². The Morgan fingerprint density at radius 2 is 1.97 bits per heavy atom. The number of aryl methyl sites for hydroxylation is 1. The molecule has 0 radical (unpaired) electrons. The second-order valence-electron chi connectivity index (χ2n) is 8.48. The molecule has 1 aromatic carbocycles. The Kier molecular flexibility index (Phi) is 9.38. The van der Waals surface area contributed by atoms with Crippen molar-refractivity contribution < 1.29 is 14.3 Å². The van der Waals surface area contributed by atoms with E-state index in [1.165, 1.54) is 0 Å². The van der Waals surface area contributed by atoms with Gasteiger partial charge < -0.3 is 25.8 Å². The number of carbonyl (C=O) groups excluding carboxylic acids is 1. The normalized spacial score (nSPS) is 18.9. The summed E-state index contributed by atoms with van der Waals surface area (Å²) in [6.45, 7) is 3.68. The predicted octanol–water partition coefficient (Wildman–Crippen LogP) is 2.82. The molecule has 1 aliphatic rings. The van der Waals surface area contributed by atoms with Crippen molar-refractivity contribution in [2.24, 2.45) is 10.7 Å². The lowest BCUT2D eigenvalue weighted by atomic mass is 9.90. The Hall–Kier alpha value is -2.78. The molecule has 0 spiro atoms. The van der Waals surface area contributed by atoms with Crippen LogP contribution in [0.2, 0.25) is 0 Å². The Morgan fingerprint density at radius 3 is 2.76 bits per heavy atom. The molecular weight excluding hydrogens is 420 g/mol. The van der Waals surface area contributed by atoms with Crippen LogP contribution >= 0.6 is 0 Å². The first-order valence-corrected chi connectivity index (χ1v) is 11.6. The van der Waals surface area contributed by atoms with Gasteiger partial charge in [-0.3, -0.25) is 9.79 Å². The molecule has 1 aromatic heterocycles. The number of nitrogens with two attached hydrogens (primary N) is 1. The molecule has 2 atom stereocenters. The number of anilines is 1. The first-order chi connectivity index (χ1) is 16.0. The van der Waals surface area contributed by atoms with Gasteiger partial charge in [0.15, 0.2) is 0 Å². The van der Waals surface area contributed by atoms with E-state index < -0.39 is 0 Å². The third-order valence-electron chi connectivity index (χ3n) is 5.81. The fourth-order valence-corrected chi connectivity index (χ4v) is 4.05. The minimum absolute atomic E-state index is 0.0525. The van der Waals surface area contributed by atoms with Crippen molar-refractivity contribution in [3.63, 3.8) is 0 Å². The molecular formula is C24H36N6O3. The number of hydrogen-bond acceptors (Lipinski definition) is 7. The van der Waals surface area contributed by atoms with E-state index in [0.29, 0.717) is 37.8 Å². The Morgan fingerprint density at radius 1 is 1.18 bits per heavy atom. The quantitative estimate of drug-likeness (QED) is 0.270. The summed E-state index contributed by atoms with van der Waals surface area (Å²) in [5.74, 6) is 1.13. The van der Waals surface area contributed by atoms with Gasteiger partial charge in [0.2, 0.25) is 5.82 Å². The van der Waals surface area contributed by atoms with Crippen LogP contribution in [0.4, 0.5) is 5.82 Å². The Labute approximate surface area is 195 Å². The number of ether oxygens (including phenoxy) is 2. The molecule has 0 unspecified atom stereocenters. The maximum absolute atomic E-state index is 12.7. The summed E-state index contributed by atoms with van der Waals surface area (Å²) in [5, 5.41) is 7.36. The Bertz CT molecular complexity index is 965. The number of amidine groups is 1. The van der Waals surface area contributed by atoms with Crippen LogP contribution < -0.4 is 16.4 Å². The van der Waals surface area contributed by atoms with Gasteiger partial charge in [-0.2, -0.15) is 0 Å². The molecule has 9 nitrogen and oxygen atoms in total. The largest absolute Gasteiger partial charge is 0.387 e. The van der Waals surface area contributed by atoms with E-state index in [2.05, 4.69) is 20.6 Å². The number of aromatic nitrogens is 2. The highest BCUT2D eigenvalue weighted by atomic mass is 16.5. The maximum atomic E-state index is 12.7. The topological polar surface area (TPSA) is 124 Å². The average Bonchev–Trinajstić information content (AvgIpc) is 2.81. The lowest BCUT2D eigenvalue weighted by Crippen LogP contribution is -2.37. The SMILES string of the molecule is COCCCNC(=O)c1nc(N[C@H]2CCCC[C@H]2N=C(N)CCOC)c2cc(C)ccc2n1. The van der Waals surface area contributed by atoms with Gasteiger partial charge in [-0.05, 0) is 38.3 Å². The van der Waals surface area contributed by atoms with Crippen LogP contribution in [0.1, 0.15) is 54.7 Å². The summed E-state index contributed by atoms with van der Waals surface area (Å²) in [4.78, 5) is 26.6. The van der Waals surface area contributed by atoms with Gasteiger partial charge in [-0.1, -0.05) is 24.5 Å². The van der Waals surface area contributed by atoms with Crippen molar-refractivity contribution in [1.29, 1.82) is 0 Å².